The highest BCUT2D eigenvalue weighted by atomic mass is 16.3. The van der Waals surface area contributed by atoms with Gasteiger partial charge in [-0.1, -0.05) is 6.92 Å². The molecule has 86 valence electrons. The molecule has 0 saturated carbocycles. The molecule has 1 aromatic carbocycles. The molecule has 0 aliphatic rings. The Morgan fingerprint density at radius 3 is 3.06 bits per heavy atom. The molecule has 0 radical (unpaired) electrons. The number of hydrogen-bond donors (Lipinski definition) is 3. The van der Waals surface area contributed by atoms with Crippen LogP contribution in [0.4, 0.5) is 0 Å². The van der Waals surface area contributed by atoms with Crippen molar-refractivity contribution in [2.45, 2.75) is 26.3 Å². The highest BCUT2D eigenvalue weighted by Crippen LogP contribution is 2.20. The lowest BCUT2D eigenvalue weighted by atomic mass is 10.3. The van der Waals surface area contributed by atoms with Gasteiger partial charge >= 0.3 is 0 Å². The molecule has 4 nitrogen and oxygen atoms in total. The molecule has 0 aliphatic heterocycles. The fraction of sp³-hybridized carbons (Fsp3) is 0.417. The van der Waals surface area contributed by atoms with Gasteiger partial charge in [0.2, 0.25) is 0 Å². The van der Waals surface area contributed by atoms with Crippen molar-refractivity contribution in [2.24, 2.45) is 0 Å². The fourth-order valence-corrected chi connectivity index (χ4v) is 1.68. The maximum atomic E-state index is 9.36. The zero-order valence-corrected chi connectivity index (χ0v) is 9.62. The number of nitrogens with zero attached hydrogens (tertiary/aromatic N) is 1. The van der Waals surface area contributed by atoms with Gasteiger partial charge in [0.1, 0.15) is 11.6 Å². The molecule has 1 aromatic heterocycles. The SMILES string of the molecule is CCCNC(C)c1nc2ccc(O)cc2[nH]1. The molecule has 4 heteroatoms. The van der Waals surface area contributed by atoms with Crippen molar-refractivity contribution in [1.29, 1.82) is 0 Å². The second-order valence-corrected chi connectivity index (χ2v) is 4.00. The summed E-state index contributed by atoms with van der Waals surface area (Å²) in [6, 6.07) is 5.36. The second kappa shape index (κ2) is 4.53. The number of nitrogens with one attached hydrogen (secondary N) is 2. The zero-order valence-electron chi connectivity index (χ0n) is 9.62. The highest BCUT2D eigenvalue weighted by Gasteiger charge is 2.09. The first-order valence-corrected chi connectivity index (χ1v) is 5.62. The first-order chi connectivity index (χ1) is 7.70. The molecule has 0 saturated heterocycles. The van der Waals surface area contributed by atoms with Crippen LogP contribution in [0.5, 0.6) is 5.75 Å². The first kappa shape index (κ1) is 11.0. The molecule has 1 atom stereocenters. The predicted molar refractivity (Wildman–Crippen MR) is 64.5 cm³/mol. The van der Waals surface area contributed by atoms with E-state index >= 15 is 0 Å². The van der Waals surface area contributed by atoms with E-state index in [1.54, 1.807) is 12.1 Å². The Bertz CT molecular complexity index is 478. The standard InChI is InChI=1S/C12H17N3O/c1-3-6-13-8(2)12-14-10-5-4-9(16)7-11(10)15-12/h4-5,7-8,13,16H,3,6H2,1-2H3,(H,14,15). The van der Waals surface area contributed by atoms with Crippen LogP contribution in [0.1, 0.15) is 32.1 Å². The molecule has 16 heavy (non-hydrogen) atoms. The van der Waals surface area contributed by atoms with E-state index in [9.17, 15) is 5.11 Å². The van der Waals surface area contributed by atoms with Gasteiger partial charge in [0.05, 0.1) is 17.1 Å². The van der Waals surface area contributed by atoms with E-state index < -0.39 is 0 Å². The van der Waals surface area contributed by atoms with Crippen LogP contribution < -0.4 is 5.32 Å². The van der Waals surface area contributed by atoms with Crippen molar-refractivity contribution in [3.8, 4) is 5.75 Å². The van der Waals surface area contributed by atoms with Gasteiger partial charge in [-0.2, -0.15) is 0 Å². The largest absolute Gasteiger partial charge is 0.508 e. The van der Waals surface area contributed by atoms with Gasteiger partial charge in [0, 0.05) is 6.07 Å². The number of rotatable bonds is 4. The Morgan fingerprint density at radius 1 is 1.50 bits per heavy atom. The smallest absolute Gasteiger partial charge is 0.124 e. The van der Waals surface area contributed by atoms with Crippen LogP contribution in [-0.4, -0.2) is 21.6 Å². The van der Waals surface area contributed by atoms with Crippen molar-refractivity contribution < 1.29 is 5.11 Å². The maximum Gasteiger partial charge on any atom is 0.124 e. The third kappa shape index (κ3) is 2.17. The third-order valence-electron chi connectivity index (χ3n) is 2.59. The van der Waals surface area contributed by atoms with Crippen molar-refractivity contribution in [2.75, 3.05) is 6.54 Å². The summed E-state index contributed by atoms with van der Waals surface area (Å²) < 4.78 is 0. The summed E-state index contributed by atoms with van der Waals surface area (Å²) in [6.07, 6.45) is 1.10. The summed E-state index contributed by atoms with van der Waals surface area (Å²) in [7, 11) is 0. The predicted octanol–water partition coefficient (Wildman–Crippen LogP) is 2.33. The van der Waals surface area contributed by atoms with Gasteiger partial charge in [0.15, 0.2) is 0 Å². The Morgan fingerprint density at radius 2 is 2.31 bits per heavy atom. The quantitative estimate of drug-likeness (QED) is 0.739. The molecule has 2 aromatic rings. The summed E-state index contributed by atoms with van der Waals surface area (Å²) in [5.41, 5.74) is 1.76. The minimum Gasteiger partial charge on any atom is -0.508 e. The topological polar surface area (TPSA) is 60.9 Å². The van der Waals surface area contributed by atoms with Crippen LogP contribution in [0.25, 0.3) is 11.0 Å². The van der Waals surface area contributed by atoms with E-state index in [4.69, 9.17) is 0 Å². The number of H-pyrrole nitrogens is 1. The minimum absolute atomic E-state index is 0.203. The van der Waals surface area contributed by atoms with Crippen molar-refractivity contribution >= 4 is 11.0 Å². The zero-order chi connectivity index (χ0) is 11.5. The fourth-order valence-electron chi connectivity index (χ4n) is 1.68. The van der Waals surface area contributed by atoms with E-state index in [0.29, 0.717) is 0 Å². The maximum absolute atomic E-state index is 9.36. The molecule has 0 bridgehead atoms. The monoisotopic (exact) mass is 219 g/mol. The normalized spacial score (nSPS) is 13.1. The Balaban J connectivity index is 2.25. The molecular weight excluding hydrogens is 202 g/mol. The van der Waals surface area contributed by atoms with Crippen LogP contribution in [0.3, 0.4) is 0 Å². The van der Waals surface area contributed by atoms with Gasteiger partial charge in [-0.3, -0.25) is 0 Å². The number of aromatic amines is 1. The van der Waals surface area contributed by atoms with Crippen LogP contribution in [0.2, 0.25) is 0 Å². The number of hydrogen-bond acceptors (Lipinski definition) is 3. The van der Waals surface area contributed by atoms with Crippen molar-refractivity contribution in [3.63, 3.8) is 0 Å². The van der Waals surface area contributed by atoms with Gasteiger partial charge in [-0.05, 0) is 32.0 Å². The average Bonchev–Trinajstić information content (AvgIpc) is 2.68. The number of phenols is 1. The average molecular weight is 219 g/mol. The second-order valence-electron chi connectivity index (χ2n) is 4.00. The van der Waals surface area contributed by atoms with Crippen LogP contribution in [0.15, 0.2) is 18.2 Å². The molecule has 0 aliphatic carbocycles. The molecule has 0 spiro atoms. The van der Waals surface area contributed by atoms with Gasteiger partial charge < -0.3 is 15.4 Å². The molecule has 1 heterocycles. The number of aromatic nitrogens is 2. The minimum atomic E-state index is 0.203. The van der Waals surface area contributed by atoms with E-state index in [0.717, 1.165) is 29.8 Å². The lowest BCUT2D eigenvalue weighted by Gasteiger charge is -2.09. The Labute approximate surface area is 94.7 Å². The molecule has 2 rings (SSSR count). The number of imidazole rings is 1. The van der Waals surface area contributed by atoms with Gasteiger partial charge in [0.25, 0.3) is 0 Å². The molecule has 0 amide bonds. The van der Waals surface area contributed by atoms with Crippen molar-refractivity contribution in [1.82, 2.24) is 15.3 Å². The van der Waals surface area contributed by atoms with Crippen molar-refractivity contribution in [3.05, 3.63) is 24.0 Å². The Kier molecular flexibility index (Phi) is 3.10. The number of aromatic hydroxyl groups is 1. The molecular formula is C12H17N3O. The summed E-state index contributed by atoms with van der Waals surface area (Å²) >= 11 is 0. The summed E-state index contributed by atoms with van der Waals surface area (Å²) in [4.78, 5) is 7.69. The van der Waals surface area contributed by atoms with Gasteiger partial charge in [-0.25, -0.2) is 4.98 Å². The molecule has 0 fully saturated rings. The van der Waals surface area contributed by atoms with E-state index in [2.05, 4.69) is 29.1 Å². The molecule has 1 unspecified atom stereocenters. The summed E-state index contributed by atoms with van der Waals surface area (Å²) in [5, 5.41) is 12.7. The summed E-state index contributed by atoms with van der Waals surface area (Å²) in [5.74, 6) is 1.17. The molecule has 3 N–H and O–H groups in total. The first-order valence-electron chi connectivity index (χ1n) is 5.62. The highest BCUT2D eigenvalue weighted by molar-refractivity contribution is 5.76. The van der Waals surface area contributed by atoms with Crippen LogP contribution in [-0.2, 0) is 0 Å². The lowest BCUT2D eigenvalue weighted by Crippen LogP contribution is -2.20. The van der Waals surface area contributed by atoms with Crippen LogP contribution >= 0.6 is 0 Å². The lowest BCUT2D eigenvalue weighted by molar-refractivity contribution is 0.476. The van der Waals surface area contributed by atoms with Gasteiger partial charge in [-0.15, -0.1) is 0 Å². The number of phenolic OH excluding ortho intramolecular Hbond substituents is 1. The number of benzene rings is 1. The summed E-state index contributed by atoms with van der Waals surface area (Å²) in [6.45, 7) is 5.19. The van der Waals surface area contributed by atoms with E-state index in [1.165, 1.54) is 0 Å². The Hall–Kier alpha value is -1.55. The van der Waals surface area contributed by atoms with E-state index in [-0.39, 0.29) is 11.8 Å². The number of fused-ring (bicyclic) bond motifs is 1. The van der Waals surface area contributed by atoms with Crippen LogP contribution in [0, 0.1) is 0 Å². The third-order valence-corrected chi connectivity index (χ3v) is 2.59. The van der Waals surface area contributed by atoms with E-state index in [1.807, 2.05) is 6.07 Å².